The topological polar surface area (TPSA) is 106 Å². The molecule has 8 nitrogen and oxygen atoms in total. The van der Waals surface area contributed by atoms with Gasteiger partial charge in [0.1, 0.15) is 5.71 Å². The SMILES string of the molecule is C[C@]12C=C/C(=N/OCC(=O)ON3C(=O)CCC3=O)C=C1CC[C@H]1[C@H]2CC[C@@]2(C)[C@H]1CC[C@]2(C)O. The Hall–Kier alpha value is -2.48. The van der Waals surface area contributed by atoms with Gasteiger partial charge < -0.3 is 14.8 Å². The number of carbonyl (C=O) groups excluding carboxylic acids is 3. The summed E-state index contributed by atoms with van der Waals surface area (Å²) in [6.45, 7) is 6.16. The molecule has 6 atom stereocenters. The molecular weight excluding hydrogens is 436 g/mol. The third kappa shape index (κ3) is 3.53. The van der Waals surface area contributed by atoms with Gasteiger partial charge in [-0.1, -0.05) is 30.7 Å². The maximum absolute atomic E-state index is 11.9. The van der Waals surface area contributed by atoms with Crippen molar-refractivity contribution in [3.05, 3.63) is 23.8 Å². The van der Waals surface area contributed by atoms with Crippen molar-refractivity contribution in [1.29, 1.82) is 0 Å². The Kier molecular flexibility index (Phi) is 5.50. The van der Waals surface area contributed by atoms with Crippen molar-refractivity contribution in [2.45, 2.75) is 77.7 Å². The van der Waals surface area contributed by atoms with Gasteiger partial charge in [-0.15, -0.1) is 5.06 Å². The van der Waals surface area contributed by atoms with Crippen LogP contribution in [0.2, 0.25) is 0 Å². The minimum Gasteiger partial charge on any atom is -0.390 e. The number of aliphatic hydroxyl groups is 1. The molecule has 0 spiro atoms. The van der Waals surface area contributed by atoms with E-state index in [9.17, 15) is 19.5 Å². The van der Waals surface area contributed by atoms with Crippen molar-refractivity contribution in [3.8, 4) is 0 Å². The van der Waals surface area contributed by atoms with Gasteiger partial charge in [0.25, 0.3) is 11.8 Å². The molecule has 5 rings (SSSR count). The Morgan fingerprint density at radius 3 is 2.53 bits per heavy atom. The van der Waals surface area contributed by atoms with Crippen LogP contribution in [0.15, 0.2) is 29.0 Å². The second-order valence-corrected chi connectivity index (χ2v) is 11.3. The van der Waals surface area contributed by atoms with Crippen molar-refractivity contribution < 1.29 is 29.2 Å². The monoisotopic (exact) mass is 470 g/mol. The number of fused-ring (bicyclic) bond motifs is 5. The second kappa shape index (κ2) is 8.04. The average molecular weight is 471 g/mol. The van der Waals surface area contributed by atoms with E-state index in [0.717, 1.165) is 38.5 Å². The molecule has 1 saturated heterocycles. The van der Waals surface area contributed by atoms with Crippen LogP contribution in [0.1, 0.15) is 72.1 Å². The van der Waals surface area contributed by atoms with Gasteiger partial charge in [-0.2, -0.15) is 0 Å². The fourth-order valence-electron chi connectivity index (χ4n) is 7.45. The molecule has 0 aromatic rings. The molecule has 8 heteroatoms. The first-order chi connectivity index (χ1) is 16.0. The van der Waals surface area contributed by atoms with Crippen molar-refractivity contribution >= 4 is 23.5 Å². The Balaban J connectivity index is 1.23. The number of imide groups is 1. The quantitative estimate of drug-likeness (QED) is 0.498. The predicted molar refractivity (Wildman–Crippen MR) is 123 cm³/mol. The van der Waals surface area contributed by atoms with E-state index in [1.807, 2.05) is 13.0 Å². The zero-order chi connectivity index (χ0) is 24.3. The third-order valence-corrected chi connectivity index (χ3v) is 9.68. The summed E-state index contributed by atoms with van der Waals surface area (Å²) >= 11 is 0. The Labute approximate surface area is 200 Å². The van der Waals surface area contributed by atoms with Gasteiger partial charge in [0.2, 0.25) is 6.61 Å². The largest absolute Gasteiger partial charge is 0.390 e. The molecule has 1 N–H and O–H groups in total. The first-order valence-electron chi connectivity index (χ1n) is 12.4. The summed E-state index contributed by atoms with van der Waals surface area (Å²) in [7, 11) is 0. The lowest BCUT2D eigenvalue weighted by atomic mass is 9.47. The van der Waals surface area contributed by atoms with Gasteiger partial charge >= 0.3 is 5.97 Å². The summed E-state index contributed by atoms with van der Waals surface area (Å²) in [5, 5.41) is 15.7. The molecule has 0 bridgehead atoms. The fraction of sp³-hybridized carbons (Fsp3) is 0.692. The molecule has 184 valence electrons. The molecule has 4 aliphatic carbocycles. The van der Waals surface area contributed by atoms with Crippen LogP contribution in [0, 0.1) is 28.6 Å². The standard InChI is InChI=1S/C26H34N2O6/c1-24-11-8-17(27-33-15-23(31)34-28-21(29)6-7-22(28)30)14-16(24)4-5-18-19(24)9-12-25(2)20(18)10-13-26(25,3)32/h8,11,14,18-20,32H,4-7,9-10,12-13,15H2,1-3H3/b27-17-/t18-,19+,20-,24-,25-,26-/m0/s1. The van der Waals surface area contributed by atoms with Gasteiger partial charge in [-0.3, -0.25) is 9.59 Å². The zero-order valence-electron chi connectivity index (χ0n) is 20.2. The zero-order valence-corrected chi connectivity index (χ0v) is 20.2. The van der Waals surface area contributed by atoms with Crippen LogP contribution >= 0.6 is 0 Å². The molecule has 0 aromatic heterocycles. The number of hydrogen-bond acceptors (Lipinski definition) is 7. The predicted octanol–water partition coefficient (Wildman–Crippen LogP) is 3.46. The number of amides is 2. The van der Waals surface area contributed by atoms with Crippen molar-refractivity contribution in [3.63, 3.8) is 0 Å². The lowest BCUT2D eigenvalue weighted by molar-refractivity contribution is -0.200. The van der Waals surface area contributed by atoms with Crippen LogP contribution in [-0.2, 0) is 24.1 Å². The van der Waals surface area contributed by atoms with Crippen LogP contribution in [0.3, 0.4) is 0 Å². The molecular formula is C26H34N2O6. The van der Waals surface area contributed by atoms with Crippen molar-refractivity contribution in [1.82, 2.24) is 5.06 Å². The van der Waals surface area contributed by atoms with E-state index in [2.05, 4.69) is 31.2 Å². The molecule has 34 heavy (non-hydrogen) atoms. The number of oxime groups is 1. The van der Waals surface area contributed by atoms with Crippen LogP contribution in [0.5, 0.6) is 0 Å². The van der Waals surface area contributed by atoms with E-state index >= 15 is 0 Å². The number of carbonyl (C=O) groups is 3. The summed E-state index contributed by atoms with van der Waals surface area (Å²) < 4.78 is 0. The van der Waals surface area contributed by atoms with E-state index < -0.39 is 30.0 Å². The van der Waals surface area contributed by atoms with E-state index in [0.29, 0.717) is 28.5 Å². The Morgan fingerprint density at radius 2 is 1.79 bits per heavy atom. The van der Waals surface area contributed by atoms with Gasteiger partial charge in [0.05, 0.1) is 5.60 Å². The maximum Gasteiger partial charge on any atom is 0.373 e. The lowest BCUT2D eigenvalue weighted by Crippen LogP contribution is -2.53. The number of rotatable bonds is 4. The van der Waals surface area contributed by atoms with Crippen molar-refractivity contribution in [2.24, 2.45) is 33.7 Å². The second-order valence-electron chi connectivity index (χ2n) is 11.3. The molecule has 5 aliphatic rings. The van der Waals surface area contributed by atoms with E-state index in [1.165, 1.54) is 5.57 Å². The van der Waals surface area contributed by atoms with E-state index in [1.54, 1.807) is 0 Å². The highest BCUT2D eigenvalue weighted by molar-refractivity contribution is 6.05. The van der Waals surface area contributed by atoms with Crippen LogP contribution in [0.25, 0.3) is 0 Å². The molecule has 2 amide bonds. The first-order valence-corrected chi connectivity index (χ1v) is 12.4. The summed E-state index contributed by atoms with van der Waals surface area (Å²) in [6, 6.07) is 0. The van der Waals surface area contributed by atoms with Gasteiger partial charge in [-0.25, -0.2) is 4.79 Å². The minimum atomic E-state index is -0.844. The highest BCUT2D eigenvalue weighted by Gasteiger charge is 2.62. The fourth-order valence-corrected chi connectivity index (χ4v) is 7.45. The third-order valence-electron chi connectivity index (χ3n) is 9.68. The number of hydrogen-bond donors (Lipinski definition) is 1. The maximum atomic E-state index is 11.9. The summed E-state index contributed by atoms with van der Waals surface area (Å²) in [5.41, 5.74) is 1.37. The molecule has 0 radical (unpaired) electrons. The van der Waals surface area contributed by atoms with E-state index in [4.69, 9.17) is 9.68 Å². The molecule has 0 aromatic carbocycles. The molecule has 4 fully saturated rings. The molecule has 1 aliphatic heterocycles. The van der Waals surface area contributed by atoms with Crippen LogP contribution < -0.4 is 0 Å². The highest BCUT2D eigenvalue weighted by Crippen LogP contribution is 2.66. The van der Waals surface area contributed by atoms with Crippen LogP contribution in [0.4, 0.5) is 0 Å². The van der Waals surface area contributed by atoms with Gasteiger partial charge in [-0.05, 0) is 80.8 Å². The molecule has 3 saturated carbocycles. The number of nitrogens with zero attached hydrogens (tertiary/aromatic N) is 2. The molecule has 1 heterocycles. The Bertz CT molecular complexity index is 997. The number of hydroxylamine groups is 2. The minimum absolute atomic E-state index is 0.00346. The highest BCUT2D eigenvalue weighted by atomic mass is 16.7. The lowest BCUT2D eigenvalue weighted by Gasteiger charge is -2.58. The smallest absolute Gasteiger partial charge is 0.373 e. The van der Waals surface area contributed by atoms with Gasteiger partial charge in [0, 0.05) is 18.3 Å². The number of allylic oxidation sites excluding steroid dienone is 4. The summed E-state index contributed by atoms with van der Waals surface area (Å²) in [5.74, 6) is -0.175. The first kappa shape index (κ1) is 23.3. The normalized spacial score (nSPS) is 42.2. The Morgan fingerprint density at radius 1 is 1.09 bits per heavy atom. The van der Waals surface area contributed by atoms with Crippen LogP contribution in [-0.4, -0.2) is 45.9 Å². The molecule has 0 unspecified atom stereocenters. The van der Waals surface area contributed by atoms with Gasteiger partial charge in [0.15, 0.2) is 0 Å². The van der Waals surface area contributed by atoms with Crippen molar-refractivity contribution in [2.75, 3.05) is 6.61 Å². The van der Waals surface area contributed by atoms with E-state index in [-0.39, 0.29) is 23.7 Å². The average Bonchev–Trinajstić information content (AvgIpc) is 3.23. The summed E-state index contributed by atoms with van der Waals surface area (Å²) in [6.07, 6.45) is 12.6. The summed E-state index contributed by atoms with van der Waals surface area (Å²) in [4.78, 5) is 45.0.